The number of amides is 1. The van der Waals surface area contributed by atoms with Crippen LogP contribution in [0.25, 0.3) is 0 Å². The first-order chi connectivity index (χ1) is 8.11. The first kappa shape index (κ1) is 14.5. The van der Waals surface area contributed by atoms with Crippen LogP contribution in [-0.4, -0.2) is 24.5 Å². The van der Waals surface area contributed by atoms with Gasteiger partial charge in [0, 0.05) is 12.1 Å². The Morgan fingerprint density at radius 1 is 1.29 bits per heavy atom. The minimum absolute atomic E-state index is 0.143. The van der Waals surface area contributed by atoms with Crippen molar-refractivity contribution in [1.82, 2.24) is 10.6 Å². The van der Waals surface area contributed by atoms with Crippen LogP contribution in [-0.2, 0) is 4.79 Å². The van der Waals surface area contributed by atoms with E-state index in [9.17, 15) is 4.79 Å². The molecule has 0 bridgehead atoms. The molecule has 17 heavy (non-hydrogen) atoms. The van der Waals surface area contributed by atoms with Crippen LogP contribution in [0.5, 0.6) is 0 Å². The smallest absolute Gasteiger partial charge is 0.234 e. The average Bonchev–Trinajstić information content (AvgIpc) is 2.28. The van der Waals surface area contributed by atoms with Gasteiger partial charge in [0.25, 0.3) is 0 Å². The van der Waals surface area contributed by atoms with Gasteiger partial charge in [-0.2, -0.15) is 0 Å². The van der Waals surface area contributed by atoms with E-state index in [0.29, 0.717) is 18.6 Å². The fourth-order valence-corrected chi connectivity index (χ4v) is 2.53. The molecule has 3 nitrogen and oxygen atoms in total. The molecule has 1 atom stereocenters. The second-order valence-electron chi connectivity index (χ2n) is 5.59. The van der Waals surface area contributed by atoms with E-state index in [1.54, 1.807) is 0 Å². The molecule has 1 aliphatic rings. The van der Waals surface area contributed by atoms with Crippen LogP contribution < -0.4 is 10.6 Å². The minimum Gasteiger partial charge on any atom is -0.353 e. The molecule has 1 fully saturated rings. The predicted molar refractivity (Wildman–Crippen MR) is 71.9 cm³/mol. The van der Waals surface area contributed by atoms with E-state index in [-0.39, 0.29) is 5.91 Å². The van der Waals surface area contributed by atoms with Gasteiger partial charge in [-0.1, -0.05) is 20.3 Å². The predicted octanol–water partition coefficient (Wildman–Crippen LogP) is 2.46. The second kappa shape index (κ2) is 7.70. The van der Waals surface area contributed by atoms with E-state index in [1.807, 2.05) is 0 Å². The number of carbonyl (C=O) groups excluding carboxylic acids is 1. The van der Waals surface area contributed by atoms with E-state index >= 15 is 0 Å². The van der Waals surface area contributed by atoms with Crippen LogP contribution in [0.2, 0.25) is 0 Å². The molecule has 0 aromatic heterocycles. The average molecular weight is 240 g/mol. The normalized spacial score (nSPS) is 26.5. The lowest BCUT2D eigenvalue weighted by Gasteiger charge is -2.27. The molecule has 0 saturated heterocycles. The van der Waals surface area contributed by atoms with Gasteiger partial charge in [-0.3, -0.25) is 4.79 Å². The van der Waals surface area contributed by atoms with Gasteiger partial charge in [0.05, 0.1) is 6.54 Å². The molecule has 0 spiro atoms. The highest BCUT2D eigenvalue weighted by atomic mass is 16.1. The fourth-order valence-electron chi connectivity index (χ4n) is 2.53. The molecule has 1 unspecified atom stereocenters. The summed E-state index contributed by atoms with van der Waals surface area (Å²) in [5.41, 5.74) is 0. The molecule has 0 aliphatic heterocycles. The van der Waals surface area contributed by atoms with E-state index in [0.717, 1.165) is 18.8 Å². The Labute approximate surface area is 106 Å². The third kappa shape index (κ3) is 6.06. The largest absolute Gasteiger partial charge is 0.353 e. The molecule has 0 aromatic rings. The first-order valence-electron chi connectivity index (χ1n) is 7.14. The van der Waals surface area contributed by atoms with Gasteiger partial charge in [-0.15, -0.1) is 0 Å². The maximum Gasteiger partial charge on any atom is 0.234 e. The zero-order valence-electron chi connectivity index (χ0n) is 11.6. The molecule has 3 heteroatoms. The quantitative estimate of drug-likeness (QED) is 0.749. The zero-order chi connectivity index (χ0) is 12.7. The lowest BCUT2D eigenvalue weighted by atomic mass is 9.87. The van der Waals surface area contributed by atoms with Gasteiger partial charge >= 0.3 is 0 Å². The summed E-state index contributed by atoms with van der Waals surface area (Å²) in [5, 5.41) is 6.41. The first-order valence-corrected chi connectivity index (χ1v) is 7.14. The van der Waals surface area contributed by atoms with Crippen molar-refractivity contribution in [3.8, 4) is 0 Å². The van der Waals surface area contributed by atoms with Crippen molar-refractivity contribution in [1.29, 1.82) is 0 Å². The molecular weight excluding hydrogens is 212 g/mol. The minimum atomic E-state index is 0.143. The molecule has 1 saturated carbocycles. The van der Waals surface area contributed by atoms with E-state index < -0.39 is 0 Å². The highest BCUT2D eigenvalue weighted by molar-refractivity contribution is 5.78. The van der Waals surface area contributed by atoms with Crippen LogP contribution in [0.1, 0.15) is 59.3 Å². The van der Waals surface area contributed by atoms with Crippen molar-refractivity contribution in [3.63, 3.8) is 0 Å². The lowest BCUT2D eigenvalue weighted by Crippen LogP contribution is -2.43. The molecule has 1 amide bonds. The number of nitrogens with one attached hydrogen (secondary N) is 2. The Morgan fingerprint density at radius 3 is 2.53 bits per heavy atom. The molecule has 0 aromatic carbocycles. The number of rotatable bonds is 6. The van der Waals surface area contributed by atoms with Gasteiger partial charge in [0.2, 0.25) is 5.91 Å². The van der Waals surface area contributed by atoms with Gasteiger partial charge in [0.1, 0.15) is 0 Å². The van der Waals surface area contributed by atoms with Gasteiger partial charge in [-0.05, 0) is 44.9 Å². The number of carbonyl (C=O) groups is 1. The fraction of sp³-hybridized carbons (Fsp3) is 0.929. The van der Waals surface area contributed by atoms with E-state index in [1.165, 1.54) is 25.7 Å². The Morgan fingerprint density at radius 2 is 1.94 bits per heavy atom. The highest BCUT2D eigenvalue weighted by Crippen LogP contribution is 2.23. The summed E-state index contributed by atoms with van der Waals surface area (Å²) >= 11 is 0. The summed E-state index contributed by atoms with van der Waals surface area (Å²) in [4.78, 5) is 11.7. The SMILES string of the molecule is CCCC(C)NC(=O)CNC1CCC(C)CC1. The lowest BCUT2D eigenvalue weighted by molar-refractivity contribution is -0.121. The Hall–Kier alpha value is -0.570. The van der Waals surface area contributed by atoms with E-state index in [4.69, 9.17) is 0 Å². The summed E-state index contributed by atoms with van der Waals surface area (Å²) in [6.45, 7) is 7.01. The highest BCUT2D eigenvalue weighted by Gasteiger charge is 2.18. The standard InChI is InChI=1S/C14H28N2O/c1-4-5-12(3)16-14(17)10-15-13-8-6-11(2)7-9-13/h11-13,15H,4-10H2,1-3H3,(H,16,17). The van der Waals surface area contributed by atoms with Crippen molar-refractivity contribution >= 4 is 5.91 Å². The summed E-state index contributed by atoms with van der Waals surface area (Å²) in [5.74, 6) is 1.01. The number of hydrogen-bond donors (Lipinski definition) is 2. The van der Waals surface area contributed by atoms with Gasteiger partial charge < -0.3 is 10.6 Å². The second-order valence-corrected chi connectivity index (χ2v) is 5.59. The summed E-state index contributed by atoms with van der Waals surface area (Å²) in [6, 6.07) is 0.860. The maximum absolute atomic E-state index is 11.7. The zero-order valence-corrected chi connectivity index (χ0v) is 11.6. The van der Waals surface area contributed by atoms with Crippen LogP contribution in [0, 0.1) is 5.92 Å². The van der Waals surface area contributed by atoms with Gasteiger partial charge in [-0.25, -0.2) is 0 Å². The summed E-state index contributed by atoms with van der Waals surface area (Å²) in [7, 11) is 0. The Kier molecular flexibility index (Phi) is 6.56. The molecular formula is C14H28N2O. The van der Waals surface area contributed by atoms with Gasteiger partial charge in [0.15, 0.2) is 0 Å². The summed E-state index contributed by atoms with van der Waals surface area (Å²) < 4.78 is 0. The molecule has 1 aliphatic carbocycles. The third-order valence-electron chi connectivity index (χ3n) is 3.70. The van der Waals surface area contributed by atoms with Crippen molar-refractivity contribution < 1.29 is 4.79 Å². The number of hydrogen-bond acceptors (Lipinski definition) is 2. The van der Waals surface area contributed by atoms with Crippen LogP contribution in [0.3, 0.4) is 0 Å². The van der Waals surface area contributed by atoms with Crippen LogP contribution >= 0.6 is 0 Å². The van der Waals surface area contributed by atoms with Crippen molar-refractivity contribution in [2.24, 2.45) is 5.92 Å². The van der Waals surface area contributed by atoms with Crippen molar-refractivity contribution in [3.05, 3.63) is 0 Å². The van der Waals surface area contributed by atoms with Crippen LogP contribution in [0.4, 0.5) is 0 Å². The molecule has 0 radical (unpaired) electrons. The van der Waals surface area contributed by atoms with Crippen molar-refractivity contribution in [2.75, 3.05) is 6.54 Å². The molecule has 2 N–H and O–H groups in total. The van der Waals surface area contributed by atoms with Crippen molar-refractivity contribution in [2.45, 2.75) is 71.4 Å². The molecule has 1 rings (SSSR count). The topological polar surface area (TPSA) is 41.1 Å². The van der Waals surface area contributed by atoms with E-state index in [2.05, 4.69) is 31.4 Å². The Balaban J connectivity index is 2.11. The Bertz CT molecular complexity index is 222. The molecule has 100 valence electrons. The molecule has 0 heterocycles. The van der Waals surface area contributed by atoms with Crippen LogP contribution in [0.15, 0.2) is 0 Å². The maximum atomic E-state index is 11.7. The monoisotopic (exact) mass is 240 g/mol. The summed E-state index contributed by atoms with van der Waals surface area (Å²) in [6.07, 6.45) is 7.22. The third-order valence-corrected chi connectivity index (χ3v) is 3.70.